The van der Waals surface area contributed by atoms with E-state index in [9.17, 15) is 5.11 Å². The van der Waals surface area contributed by atoms with Crippen LogP contribution < -0.4 is 12.4 Å². The highest BCUT2D eigenvalue weighted by Crippen LogP contribution is 2.37. The van der Waals surface area contributed by atoms with Crippen LogP contribution in [0.1, 0.15) is 36.5 Å². The van der Waals surface area contributed by atoms with Gasteiger partial charge in [-0.25, -0.2) is 0 Å². The van der Waals surface area contributed by atoms with E-state index in [0.717, 1.165) is 44.8 Å². The van der Waals surface area contributed by atoms with Gasteiger partial charge < -0.3 is 22.3 Å². The summed E-state index contributed by atoms with van der Waals surface area (Å²) in [7, 11) is 0. The van der Waals surface area contributed by atoms with Crippen LogP contribution in [0.15, 0.2) is 54.6 Å². The third-order valence-electron chi connectivity index (χ3n) is 5.37. The predicted molar refractivity (Wildman–Crippen MR) is 102 cm³/mol. The lowest BCUT2D eigenvalue weighted by molar-refractivity contribution is -0.0107. The molecule has 3 rings (SSSR count). The minimum Gasteiger partial charge on any atom is -1.00 e. The summed E-state index contributed by atoms with van der Waals surface area (Å²) in [5, 5.41) is 11.5. The molecule has 2 aromatic rings. The SMILES string of the molecule is CCc1ccc(C(C)(O)C(CN2CCOCC2)c2ccccc2)cc1.[Cl-]. The number of hydrogen-bond acceptors (Lipinski definition) is 3. The van der Waals surface area contributed by atoms with Crippen molar-refractivity contribution in [3.63, 3.8) is 0 Å². The van der Waals surface area contributed by atoms with Crippen molar-refractivity contribution in [2.45, 2.75) is 31.8 Å². The van der Waals surface area contributed by atoms with E-state index in [1.54, 1.807) is 0 Å². The molecule has 1 fully saturated rings. The molecular formula is C22H29ClNO2-. The fourth-order valence-corrected chi connectivity index (χ4v) is 3.61. The van der Waals surface area contributed by atoms with Gasteiger partial charge in [-0.1, -0.05) is 61.5 Å². The molecule has 142 valence electrons. The maximum atomic E-state index is 11.5. The van der Waals surface area contributed by atoms with Gasteiger partial charge in [0, 0.05) is 25.6 Å². The molecule has 2 aromatic carbocycles. The van der Waals surface area contributed by atoms with Crippen LogP contribution in [0.25, 0.3) is 0 Å². The van der Waals surface area contributed by atoms with Crippen LogP contribution in [-0.2, 0) is 16.8 Å². The van der Waals surface area contributed by atoms with Gasteiger partial charge >= 0.3 is 0 Å². The van der Waals surface area contributed by atoms with Crippen LogP contribution in [-0.4, -0.2) is 42.9 Å². The van der Waals surface area contributed by atoms with Crippen LogP contribution >= 0.6 is 0 Å². The molecule has 1 saturated heterocycles. The Hall–Kier alpha value is -1.39. The Morgan fingerprint density at radius 1 is 1.04 bits per heavy atom. The highest BCUT2D eigenvalue weighted by atomic mass is 35.5. The second-order valence-corrected chi connectivity index (χ2v) is 7.07. The molecular weight excluding hydrogens is 346 g/mol. The van der Waals surface area contributed by atoms with Crippen molar-refractivity contribution in [3.8, 4) is 0 Å². The number of rotatable bonds is 6. The molecule has 1 heterocycles. The summed E-state index contributed by atoms with van der Waals surface area (Å²) >= 11 is 0. The average Bonchev–Trinajstić information content (AvgIpc) is 2.67. The molecule has 4 heteroatoms. The first-order valence-electron chi connectivity index (χ1n) is 9.28. The van der Waals surface area contributed by atoms with Crippen molar-refractivity contribution in [3.05, 3.63) is 71.3 Å². The van der Waals surface area contributed by atoms with Crippen molar-refractivity contribution >= 4 is 0 Å². The van der Waals surface area contributed by atoms with E-state index in [-0.39, 0.29) is 18.3 Å². The van der Waals surface area contributed by atoms with E-state index >= 15 is 0 Å². The van der Waals surface area contributed by atoms with Crippen molar-refractivity contribution < 1.29 is 22.3 Å². The molecule has 0 bridgehead atoms. The summed E-state index contributed by atoms with van der Waals surface area (Å²) in [5.41, 5.74) is 2.53. The number of ether oxygens (including phenoxy) is 1. The minimum atomic E-state index is -0.925. The maximum Gasteiger partial charge on any atom is 0.0949 e. The van der Waals surface area contributed by atoms with Gasteiger partial charge in [-0.05, 0) is 30.0 Å². The number of halogens is 1. The molecule has 0 aromatic heterocycles. The summed E-state index contributed by atoms with van der Waals surface area (Å²) in [6.07, 6.45) is 1.01. The maximum absolute atomic E-state index is 11.5. The fourth-order valence-electron chi connectivity index (χ4n) is 3.61. The van der Waals surface area contributed by atoms with Crippen molar-refractivity contribution in [2.75, 3.05) is 32.8 Å². The zero-order valence-corrected chi connectivity index (χ0v) is 16.5. The molecule has 1 aliphatic rings. The normalized spacial score (nSPS) is 18.6. The topological polar surface area (TPSA) is 32.7 Å². The Labute approximate surface area is 163 Å². The van der Waals surface area contributed by atoms with Gasteiger partial charge in [-0.2, -0.15) is 0 Å². The second kappa shape index (κ2) is 9.52. The Kier molecular flexibility index (Phi) is 7.66. The predicted octanol–water partition coefficient (Wildman–Crippen LogP) is 0.577. The Bertz CT molecular complexity index is 652. The van der Waals surface area contributed by atoms with E-state index in [2.05, 4.69) is 60.4 Å². The Morgan fingerprint density at radius 2 is 1.65 bits per heavy atom. The van der Waals surface area contributed by atoms with Gasteiger partial charge in [-0.3, -0.25) is 4.90 Å². The van der Waals surface area contributed by atoms with Crippen LogP contribution in [0, 0.1) is 0 Å². The molecule has 1 aliphatic heterocycles. The lowest BCUT2D eigenvalue weighted by atomic mass is 9.78. The van der Waals surface area contributed by atoms with E-state index in [1.807, 2.05) is 13.0 Å². The molecule has 0 amide bonds. The van der Waals surface area contributed by atoms with E-state index < -0.39 is 5.60 Å². The van der Waals surface area contributed by atoms with Gasteiger partial charge in [0.2, 0.25) is 0 Å². The monoisotopic (exact) mass is 374 g/mol. The molecule has 3 nitrogen and oxygen atoms in total. The zero-order valence-electron chi connectivity index (χ0n) is 15.7. The minimum absolute atomic E-state index is 0. The van der Waals surface area contributed by atoms with Crippen LogP contribution in [0.3, 0.4) is 0 Å². The van der Waals surface area contributed by atoms with Crippen molar-refractivity contribution in [1.29, 1.82) is 0 Å². The van der Waals surface area contributed by atoms with Gasteiger partial charge in [0.1, 0.15) is 0 Å². The number of benzene rings is 2. The molecule has 2 unspecified atom stereocenters. The summed E-state index contributed by atoms with van der Waals surface area (Å²) < 4.78 is 5.48. The highest BCUT2D eigenvalue weighted by molar-refractivity contribution is 5.33. The Balaban J connectivity index is 0.00000243. The number of nitrogens with zero attached hydrogens (tertiary/aromatic N) is 1. The van der Waals surface area contributed by atoms with Gasteiger partial charge in [0.15, 0.2) is 0 Å². The fraction of sp³-hybridized carbons (Fsp3) is 0.455. The summed E-state index contributed by atoms with van der Waals surface area (Å²) in [6, 6.07) is 18.8. The van der Waals surface area contributed by atoms with E-state index in [1.165, 1.54) is 11.1 Å². The highest BCUT2D eigenvalue weighted by Gasteiger charge is 2.36. The first kappa shape index (κ1) is 20.9. The van der Waals surface area contributed by atoms with Crippen LogP contribution in [0.5, 0.6) is 0 Å². The Morgan fingerprint density at radius 3 is 2.23 bits per heavy atom. The number of morpholine rings is 1. The standard InChI is InChI=1S/C22H29NO2.ClH/c1-3-18-9-11-20(12-10-18)22(2,24)21(19-7-5-4-6-8-19)17-23-13-15-25-16-14-23;/h4-12,21,24H,3,13-17H2,1-2H3;1H/p-1. The molecule has 1 N–H and O–H groups in total. The first-order chi connectivity index (χ1) is 12.1. The molecule has 0 radical (unpaired) electrons. The van der Waals surface area contributed by atoms with E-state index in [0.29, 0.717) is 0 Å². The molecule has 0 saturated carbocycles. The smallest absolute Gasteiger partial charge is 0.0949 e. The third-order valence-corrected chi connectivity index (χ3v) is 5.37. The third kappa shape index (κ3) is 4.86. The lowest BCUT2D eigenvalue weighted by Gasteiger charge is -2.38. The molecule has 0 aliphatic carbocycles. The average molecular weight is 375 g/mol. The summed E-state index contributed by atoms with van der Waals surface area (Å²) in [4.78, 5) is 2.40. The quantitative estimate of drug-likeness (QED) is 0.802. The van der Waals surface area contributed by atoms with Gasteiger partial charge in [0.05, 0.1) is 18.8 Å². The van der Waals surface area contributed by atoms with Gasteiger partial charge in [0.25, 0.3) is 0 Å². The number of hydrogen-bond donors (Lipinski definition) is 1. The summed E-state index contributed by atoms with van der Waals surface area (Å²) in [5.74, 6) is 0.0132. The lowest BCUT2D eigenvalue weighted by Crippen LogP contribution is -3.00. The largest absolute Gasteiger partial charge is 1.00 e. The van der Waals surface area contributed by atoms with Crippen molar-refractivity contribution in [1.82, 2.24) is 4.90 Å². The van der Waals surface area contributed by atoms with E-state index in [4.69, 9.17) is 4.74 Å². The molecule has 26 heavy (non-hydrogen) atoms. The molecule has 2 atom stereocenters. The number of aliphatic hydroxyl groups is 1. The first-order valence-corrected chi connectivity index (χ1v) is 9.28. The second-order valence-electron chi connectivity index (χ2n) is 7.07. The van der Waals surface area contributed by atoms with Crippen molar-refractivity contribution in [2.24, 2.45) is 0 Å². The molecule has 0 spiro atoms. The van der Waals surface area contributed by atoms with Crippen LogP contribution in [0.4, 0.5) is 0 Å². The zero-order chi connectivity index (χ0) is 17.7. The number of aryl methyl sites for hydroxylation is 1. The van der Waals surface area contributed by atoms with Crippen LogP contribution in [0.2, 0.25) is 0 Å². The summed E-state index contributed by atoms with van der Waals surface area (Å²) in [6.45, 7) is 8.33. The van der Waals surface area contributed by atoms with Gasteiger partial charge in [-0.15, -0.1) is 0 Å².